The number of aliphatic imine (C=N–C) groups is 1. The smallest absolute Gasteiger partial charge is 0.0389 e. The van der Waals surface area contributed by atoms with Crippen LogP contribution in [-0.4, -0.2) is 43.3 Å². The third-order valence-corrected chi connectivity index (χ3v) is 11.3. The van der Waals surface area contributed by atoms with Gasteiger partial charge in [-0.3, -0.25) is 4.99 Å². The van der Waals surface area contributed by atoms with Crippen molar-refractivity contribution in [3.8, 4) is 0 Å². The first-order valence-corrected chi connectivity index (χ1v) is 16.4. The van der Waals surface area contributed by atoms with E-state index in [2.05, 4.69) is 71.1 Å². The van der Waals surface area contributed by atoms with Crippen molar-refractivity contribution >= 4 is 22.8 Å². The Kier molecular flexibility index (Phi) is 16.4. The third-order valence-electron chi connectivity index (χ3n) is 10.8. The van der Waals surface area contributed by atoms with Crippen LogP contribution in [0.15, 0.2) is 42.5 Å². The average Bonchev–Trinajstić information content (AvgIpc) is 3.51. The molecule has 0 aromatic heterocycles. The molecule has 4 fully saturated rings. The van der Waals surface area contributed by atoms with E-state index in [0.29, 0.717) is 22.8 Å². The first-order valence-electron chi connectivity index (χ1n) is 16.0. The van der Waals surface area contributed by atoms with Crippen molar-refractivity contribution in [2.75, 3.05) is 26.7 Å². The Morgan fingerprint density at radius 3 is 2.40 bits per heavy atom. The fourth-order valence-electron chi connectivity index (χ4n) is 8.88. The van der Waals surface area contributed by atoms with Crippen molar-refractivity contribution in [1.82, 2.24) is 10.6 Å². The fourth-order valence-corrected chi connectivity index (χ4v) is 9.18. The molecule has 3 nitrogen and oxygen atoms in total. The number of nitrogens with zero attached hydrogens (tertiary/aromatic N) is 1. The molecule has 4 heteroatoms. The zero-order valence-corrected chi connectivity index (χ0v) is 27.2. The van der Waals surface area contributed by atoms with E-state index in [-0.39, 0.29) is 7.43 Å². The molecule has 3 saturated carbocycles. The zero-order chi connectivity index (χ0) is 29.1. The Bertz CT molecular complexity index is 845. The number of thiocarbonyl (C=S) groups is 1. The third kappa shape index (κ3) is 8.26. The molecule has 0 bridgehead atoms. The number of fused-ring (bicyclic) bond motifs is 3. The molecule has 0 amide bonds. The van der Waals surface area contributed by atoms with Crippen LogP contribution in [0.2, 0.25) is 0 Å². The lowest BCUT2D eigenvalue weighted by Gasteiger charge is -2.57. The molecule has 1 aliphatic heterocycles. The molecule has 1 heterocycles. The predicted octanol–water partition coefficient (Wildman–Crippen LogP) is 9.39. The van der Waals surface area contributed by atoms with Crippen LogP contribution in [0.5, 0.6) is 0 Å². The van der Waals surface area contributed by atoms with Gasteiger partial charge >= 0.3 is 0 Å². The van der Waals surface area contributed by atoms with Crippen LogP contribution < -0.4 is 10.6 Å². The largest absolute Gasteiger partial charge is 0.320 e. The van der Waals surface area contributed by atoms with E-state index >= 15 is 0 Å². The molecular formula is C36H65N3S. The SMILES string of the molecule is C.C=C.C=C/C=C1/CCC2C(CCC3(C)C(C(C)=NCCCC4NCCC4=S)CCC23)C1(C)CCC.CCNC. The highest BCUT2D eigenvalue weighted by atomic mass is 32.1. The maximum Gasteiger partial charge on any atom is 0.0389 e. The molecule has 2 N–H and O–H groups in total. The van der Waals surface area contributed by atoms with Gasteiger partial charge in [0.2, 0.25) is 0 Å². The second-order valence-corrected chi connectivity index (χ2v) is 13.3. The van der Waals surface area contributed by atoms with Crippen molar-refractivity contribution in [1.29, 1.82) is 0 Å². The van der Waals surface area contributed by atoms with Crippen LogP contribution in [0.1, 0.15) is 113 Å². The van der Waals surface area contributed by atoms with Gasteiger partial charge in [0.25, 0.3) is 0 Å². The van der Waals surface area contributed by atoms with Crippen molar-refractivity contribution in [3.05, 3.63) is 37.5 Å². The number of hydrogen-bond acceptors (Lipinski definition) is 4. The van der Waals surface area contributed by atoms with Gasteiger partial charge in [-0.15, -0.1) is 13.2 Å². The van der Waals surface area contributed by atoms with E-state index in [9.17, 15) is 0 Å². The van der Waals surface area contributed by atoms with Crippen molar-refractivity contribution in [2.45, 2.75) is 119 Å². The fraction of sp³-hybridized carbons (Fsp3) is 0.778. The molecule has 0 radical (unpaired) electrons. The van der Waals surface area contributed by atoms with E-state index in [1.807, 2.05) is 13.1 Å². The summed E-state index contributed by atoms with van der Waals surface area (Å²) in [6.45, 7) is 25.2. The van der Waals surface area contributed by atoms with Crippen molar-refractivity contribution in [2.24, 2.45) is 39.5 Å². The van der Waals surface area contributed by atoms with Gasteiger partial charge in [0.1, 0.15) is 0 Å². The molecule has 4 rings (SSSR count). The van der Waals surface area contributed by atoms with E-state index in [1.165, 1.54) is 61.9 Å². The second-order valence-electron chi connectivity index (χ2n) is 12.8. The topological polar surface area (TPSA) is 36.4 Å². The Labute approximate surface area is 255 Å². The zero-order valence-electron chi connectivity index (χ0n) is 26.4. The van der Waals surface area contributed by atoms with Gasteiger partial charge in [0.05, 0.1) is 0 Å². The Balaban J connectivity index is 0.00000105. The summed E-state index contributed by atoms with van der Waals surface area (Å²) in [5.74, 6) is 3.33. The number of nitrogens with one attached hydrogen (secondary N) is 2. The Hall–Kier alpha value is -1.10. The van der Waals surface area contributed by atoms with Gasteiger partial charge in [0.15, 0.2) is 0 Å². The maximum atomic E-state index is 5.50. The number of allylic oxidation sites excluding steroid dienone is 3. The summed E-state index contributed by atoms with van der Waals surface area (Å²) in [4.78, 5) is 6.38. The van der Waals surface area contributed by atoms with Crippen molar-refractivity contribution < 1.29 is 0 Å². The first kappa shape index (κ1) is 36.9. The molecule has 3 aliphatic carbocycles. The summed E-state index contributed by atoms with van der Waals surface area (Å²) >= 11 is 5.50. The molecule has 0 aromatic rings. The molecule has 7 atom stereocenters. The number of hydrogen-bond donors (Lipinski definition) is 2. The summed E-state index contributed by atoms with van der Waals surface area (Å²) in [6, 6.07) is 0.461. The lowest BCUT2D eigenvalue weighted by atomic mass is 9.47. The van der Waals surface area contributed by atoms with Gasteiger partial charge in [-0.05, 0) is 113 Å². The Morgan fingerprint density at radius 2 is 1.82 bits per heavy atom. The minimum absolute atomic E-state index is 0. The van der Waals surface area contributed by atoms with Crippen molar-refractivity contribution in [3.63, 3.8) is 0 Å². The quantitative estimate of drug-likeness (QED) is 0.125. The summed E-state index contributed by atoms with van der Waals surface area (Å²) in [5, 5.41) is 6.48. The van der Waals surface area contributed by atoms with Gasteiger partial charge in [-0.1, -0.05) is 78.1 Å². The molecule has 40 heavy (non-hydrogen) atoms. The second kappa shape index (κ2) is 17.8. The highest BCUT2D eigenvalue weighted by molar-refractivity contribution is 7.80. The minimum Gasteiger partial charge on any atom is -0.320 e. The summed E-state index contributed by atoms with van der Waals surface area (Å²) in [7, 11) is 1.93. The molecular weight excluding hydrogens is 506 g/mol. The van der Waals surface area contributed by atoms with E-state index in [0.717, 1.165) is 56.7 Å². The summed E-state index contributed by atoms with van der Waals surface area (Å²) in [5.41, 5.74) is 3.96. The maximum absolute atomic E-state index is 5.50. The molecule has 1 saturated heterocycles. The predicted molar refractivity (Wildman–Crippen MR) is 185 cm³/mol. The van der Waals surface area contributed by atoms with Gasteiger partial charge in [-0.25, -0.2) is 0 Å². The van der Waals surface area contributed by atoms with E-state index in [4.69, 9.17) is 17.2 Å². The van der Waals surface area contributed by atoms with Crippen LogP contribution in [-0.2, 0) is 0 Å². The highest BCUT2D eigenvalue weighted by Gasteiger charge is 2.58. The molecule has 0 aromatic carbocycles. The minimum atomic E-state index is 0. The lowest BCUT2D eigenvalue weighted by Crippen LogP contribution is -2.50. The average molecular weight is 572 g/mol. The molecule has 7 unspecified atom stereocenters. The van der Waals surface area contributed by atoms with Crippen LogP contribution in [0.4, 0.5) is 0 Å². The van der Waals surface area contributed by atoms with Crippen LogP contribution in [0, 0.1) is 34.5 Å². The van der Waals surface area contributed by atoms with Crippen LogP contribution in [0.25, 0.3) is 0 Å². The summed E-state index contributed by atoms with van der Waals surface area (Å²) in [6.07, 6.45) is 18.6. The normalized spacial score (nSPS) is 35.9. The van der Waals surface area contributed by atoms with E-state index < -0.39 is 0 Å². The first-order chi connectivity index (χ1) is 18.8. The summed E-state index contributed by atoms with van der Waals surface area (Å²) < 4.78 is 0. The van der Waals surface area contributed by atoms with Crippen LogP contribution >= 0.6 is 12.2 Å². The monoisotopic (exact) mass is 571 g/mol. The molecule has 230 valence electrons. The van der Waals surface area contributed by atoms with Gasteiger partial charge in [0, 0.05) is 35.6 Å². The Morgan fingerprint density at radius 1 is 1.12 bits per heavy atom. The standard InChI is InChI=1S/C30H48N2S.C3H9N.C2H4.CH4/c1-6-9-22-11-12-23-25-14-13-24(21(3)31-19-8-10-27-28(33)16-20-32-27)30(25,5)18-15-26(23)29(22,4)17-7-2;1-3-4-2;1-2;/h6,9,23-27,32H,1,7-8,10-20H2,2-5H3;4H,3H2,1-2H3;1-2H2;1H4/b22-9-,31-21?;;;. The molecule has 4 aliphatic rings. The van der Waals surface area contributed by atoms with E-state index in [1.54, 1.807) is 5.57 Å². The van der Waals surface area contributed by atoms with Gasteiger partial charge < -0.3 is 10.6 Å². The lowest BCUT2D eigenvalue weighted by molar-refractivity contribution is -0.0408. The number of rotatable bonds is 9. The van der Waals surface area contributed by atoms with Crippen LogP contribution in [0.3, 0.4) is 0 Å². The molecule has 0 spiro atoms. The van der Waals surface area contributed by atoms with Gasteiger partial charge in [-0.2, -0.15) is 0 Å². The highest BCUT2D eigenvalue weighted by Crippen LogP contribution is 2.66.